The topological polar surface area (TPSA) is 34.0 Å². The summed E-state index contributed by atoms with van der Waals surface area (Å²) in [6, 6.07) is 0. The summed E-state index contributed by atoms with van der Waals surface area (Å²) < 4.78 is 5.20. The second kappa shape index (κ2) is 5.84. The first-order chi connectivity index (χ1) is 9.70. The van der Waals surface area contributed by atoms with Gasteiger partial charge in [0.2, 0.25) is 5.91 Å². The lowest BCUT2D eigenvalue weighted by Gasteiger charge is -2.32. The van der Waals surface area contributed by atoms with E-state index in [2.05, 4.69) is 0 Å². The minimum atomic E-state index is 0.166. The molecule has 0 fully saturated rings. The molecule has 0 spiro atoms. The van der Waals surface area contributed by atoms with Gasteiger partial charge in [-0.2, -0.15) is 0 Å². The maximum absolute atomic E-state index is 12.0. The molecule has 20 heavy (non-hydrogen) atoms. The van der Waals surface area contributed by atoms with Crippen LogP contribution in [0.15, 0.2) is 0 Å². The maximum atomic E-state index is 12.0. The van der Waals surface area contributed by atoms with Crippen LogP contribution in [-0.2, 0) is 28.9 Å². The predicted molar refractivity (Wildman–Crippen MR) is 80.4 cm³/mol. The summed E-state index contributed by atoms with van der Waals surface area (Å²) >= 11 is 1.86. The van der Waals surface area contributed by atoms with Crippen LogP contribution in [0.4, 0.5) is 5.00 Å². The molecule has 1 N–H and O–H groups in total. The van der Waals surface area contributed by atoms with E-state index in [1.54, 1.807) is 19.6 Å². The number of nitrogens with one attached hydrogen (secondary N) is 1. The van der Waals surface area contributed by atoms with Crippen LogP contribution < -0.4 is 9.80 Å². The minimum Gasteiger partial charge on any atom is -0.379 e. The van der Waals surface area contributed by atoms with Crippen molar-refractivity contribution in [3.8, 4) is 0 Å². The molecule has 0 saturated carbocycles. The van der Waals surface area contributed by atoms with Gasteiger partial charge in [-0.1, -0.05) is 0 Å². The number of thiophene rings is 1. The van der Waals surface area contributed by atoms with Crippen molar-refractivity contribution >= 4 is 22.2 Å². The van der Waals surface area contributed by atoms with E-state index in [0.29, 0.717) is 0 Å². The fourth-order valence-corrected chi connectivity index (χ4v) is 4.74. The van der Waals surface area contributed by atoms with Crippen molar-refractivity contribution in [3.63, 3.8) is 0 Å². The van der Waals surface area contributed by atoms with Crippen molar-refractivity contribution in [1.29, 1.82) is 0 Å². The fourth-order valence-electron chi connectivity index (χ4n) is 3.29. The summed E-state index contributed by atoms with van der Waals surface area (Å²) in [5.41, 5.74) is 2.99. The predicted octanol–water partition coefficient (Wildman–Crippen LogP) is 0.982. The Morgan fingerprint density at radius 1 is 1.35 bits per heavy atom. The Balaban J connectivity index is 1.92. The van der Waals surface area contributed by atoms with Crippen molar-refractivity contribution in [2.24, 2.45) is 0 Å². The molecular formula is C15H23N2O2S+. The number of nitrogens with zero attached hydrogens (tertiary/aromatic N) is 1. The number of amides is 1. The van der Waals surface area contributed by atoms with Crippen molar-refractivity contribution in [2.75, 3.05) is 31.8 Å². The molecule has 1 atom stereocenters. The first kappa shape index (κ1) is 14.0. The summed E-state index contributed by atoms with van der Waals surface area (Å²) in [6.45, 7) is 5.23. The van der Waals surface area contributed by atoms with E-state index in [1.165, 1.54) is 46.0 Å². The zero-order chi connectivity index (χ0) is 14.1. The Morgan fingerprint density at radius 2 is 2.15 bits per heavy atom. The Hall–Kier alpha value is -0.910. The molecule has 1 aliphatic carbocycles. The van der Waals surface area contributed by atoms with E-state index in [4.69, 9.17) is 4.74 Å². The van der Waals surface area contributed by atoms with Crippen molar-refractivity contribution in [1.82, 2.24) is 0 Å². The van der Waals surface area contributed by atoms with Crippen LogP contribution in [0.3, 0.4) is 0 Å². The lowest BCUT2D eigenvalue weighted by molar-refractivity contribution is -0.914. The van der Waals surface area contributed by atoms with E-state index >= 15 is 0 Å². The monoisotopic (exact) mass is 295 g/mol. The Kier molecular flexibility index (Phi) is 4.10. The summed E-state index contributed by atoms with van der Waals surface area (Å²) in [5, 5.41) is 1.23. The van der Waals surface area contributed by atoms with Gasteiger partial charge in [0.1, 0.15) is 18.1 Å². The first-order valence-corrected chi connectivity index (χ1v) is 8.26. The van der Waals surface area contributed by atoms with Gasteiger partial charge in [0, 0.05) is 24.5 Å². The number of quaternary nitrogens is 1. The third kappa shape index (κ3) is 2.50. The quantitative estimate of drug-likeness (QED) is 0.902. The van der Waals surface area contributed by atoms with Crippen LogP contribution in [0.5, 0.6) is 0 Å². The molecule has 1 amide bonds. The Bertz CT molecular complexity index is 512. The molecule has 1 aliphatic heterocycles. The smallest absolute Gasteiger partial charge is 0.228 e. The number of hydrogen-bond donors (Lipinski definition) is 1. The first-order valence-electron chi connectivity index (χ1n) is 7.44. The van der Waals surface area contributed by atoms with Crippen molar-refractivity contribution in [2.45, 2.75) is 39.2 Å². The average Bonchev–Trinajstić information content (AvgIpc) is 2.82. The SMILES string of the molecule is COCC[NH+]1Cc2c(sc3c2CCCC3)N(C(C)=O)C1. The van der Waals surface area contributed by atoms with Gasteiger partial charge in [0.05, 0.1) is 6.61 Å². The third-order valence-electron chi connectivity index (χ3n) is 4.35. The van der Waals surface area contributed by atoms with E-state index in [-0.39, 0.29) is 5.91 Å². The fraction of sp³-hybridized carbons (Fsp3) is 0.667. The number of ether oxygens (including phenoxy) is 1. The Morgan fingerprint density at radius 3 is 2.90 bits per heavy atom. The van der Waals surface area contributed by atoms with E-state index in [0.717, 1.165) is 26.4 Å². The molecule has 4 nitrogen and oxygen atoms in total. The molecule has 5 heteroatoms. The van der Waals surface area contributed by atoms with Crippen LogP contribution in [0.2, 0.25) is 0 Å². The van der Waals surface area contributed by atoms with E-state index < -0.39 is 0 Å². The molecule has 0 radical (unpaired) electrons. The summed E-state index contributed by atoms with van der Waals surface area (Å²) in [4.78, 5) is 16.9. The molecule has 0 bridgehead atoms. The van der Waals surface area contributed by atoms with Crippen LogP contribution in [0.25, 0.3) is 0 Å². The second-order valence-electron chi connectivity index (χ2n) is 5.77. The summed E-state index contributed by atoms with van der Waals surface area (Å²) in [6.07, 6.45) is 4.99. The Labute approximate surface area is 124 Å². The zero-order valence-corrected chi connectivity index (χ0v) is 13.1. The van der Waals surface area contributed by atoms with Gasteiger partial charge in [-0.3, -0.25) is 9.69 Å². The highest BCUT2D eigenvalue weighted by Crippen LogP contribution is 2.40. The number of carbonyl (C=O) groups is 1. The lowest BCUT2D eigenvalue weighted by atomic mass is 9.95. The second-order valence-corrected chi connectivity index (χ2v) is 6.85. The molecule has 2 heterocycles. The van der Waals surface area contributed by atoms with Gasteiger partial charge in [0.15, 0.2) is 6.67 Å². The maximum Gasteiger partial charge on any atom is 0.228 e. The average molecular weight is 295 g/mol. The minimum absolute atomic E-state index is 0.166. The van der Waals surface area contributed by atoms with Gasteiger partial charge in [-0.05, 0) is 31.2 Å². The number of fused-ring (bicyclic) bond motifs is 3. The number of methoxy groups -OCH3 is 1. The van der Waals surface area contributed by atoms with E-state index in [1.807, 2.05) is 16.2 Å². The molecule has 0 saturated heterocycles. The van der Waals surface area contributed by atoms with Crippen LogP contribution >= 0.6 is 11.3 Å². The molecule has 1 aromatic rings. The standard InChI is InChI=1S/C15H22N2O2S/c1-11(18)17-10-16(7-8-19-2)9-13-12-5-3-4-6-14(12)20-15(13)17/h3-10H2,1-2H3/p+1. The number of carbonyl (C=O) groups excluding carboxylic acids is 1. The summed E-state index contributed by atoms with van der Waals surface area (Å²) in [5.74, 6) is 0.166. The van der Waals surface area contributed by atoms with Crippen molar-refractivity contribution < 1.29 is 14.4 Å². The molecule has 0 aromatic carbocycles. The molecule has 1 aromatic heterocycles. The molecule has 1 unspecified atom stereocenters. The lowest BCUT2D eigenvalue weighted by Crippen LogP contribution is -3.13. The highest BCUT2D eigenvalue weighted by molar-refractivity contribution is 7.16. The highest BCUT2D eigenvalue weighted by Gasteiger charge is 2.33. The third-order valence-corrected chi connectivity index (χ3v) is 5.71. The zero-order valence-electron chi connectivity index (χ0n) is 12.3. The number of anilines is 1. The normalized spacial score (nSPS) is 21.5. The summed E-state index contributed by atoms with van der Waals surface area (Å²) in [7, 11) is 1.74. The van der Waals surface area contributed by atoms with Crippen LogP contribution in [0.1, 0.15) is 35.8 Å². The number of aryl methyl sites for hydroxylation is 1. The van der Waals surface area contributed by atoms with Gasteiger partial charge in [-0.15, -0.1) is 11.3 Å². The molecular weight excluding hydrogens is 272 g/mol. The largest absolute Gasteiger partial charge is 0.379 e. The number of hydrogen-bond acceptors (Lipinski definition) is 3. The van der Waals surface area contributed by atoms with E-state index in [9.17, 15) is 4.79 Å². The van der Waals surface area contributed by atoms with Gasteiger partial charge in [-0.25, -0.2) is 0 Å². The molecule has 2 aliphatic rings. The molecule has 3 rings (SSSR count). The highest BCUT2D eigenvalue weighted by atomic mass is 32.1. The van der Waals surface area contributed by atoms with Gasteiger partial charge in [0.25, 0.3) is 0 Å². The van der Waals surface area contributed by atoms with Gasteiger partial charge >= 0.3 is 0 Å². The molecule has 110 valence electrons. The van der Waals surface area contributed by atoms with Crippen LogP contribution in [-0.4, -0.2) is 32.8 Å². The van der Waals surface area contributed by atoms with Crippen LogP contribution in [0, 0.1) is 0 Å². The van der Waals surface area contributed by atoms with Gasteiger partial charge < -0.3 is 9.64 Å². The van der Waals surface area contributed by atoms with Crippen molar-refractivity contribution in [3.05, 3.63) is 16.0 Å². The number of rotatable bonds is 3.